The van der Waals surface area contributed by atoms with Gasteiger partial charge in [0.05, 0.1) is 0 Å². The van der Waals surface area contributed by atoms with E-state index >= 15 is 0 Å². The third-order valence-electron chi connectivity index (χ3n) is 5.60. The molecule has 0 atom stereocenters. The fraction of sp³-hybridized carbons (Fsp3) is 0. The molecule has 0 aliphatic heterocycles. The number of phenolic OH excluding ortho intramolecular Hbond substituents is 2. The van der Waals surface area contributed by atoms with Crippen LogP contribution in [0, 0.1) is 0 Å². The maximum Gasteiger partial charge on any atom is 0.124 e. The molecule has 184 valence electrons. The summed E-state index contributed by atoms with van der Waals surface area (Å²) >= 11 is 12.7. The first kappa shape index (κ1) is 26.7. The van der Waals surface area contributed by atoms with Crippen LogP contribution in [0.4, 0.5) is 0 Å². The number of benzene rings is 6. The van der Waals surface area contributed by atoms with E-state index in [0.29, 0.717) is 10.8 Å². The molecular weight excluding hydrogens is 612 g/mol. The van der Waals surface area contributed by atoms with Gasteiger partial charge in [-0.05, 0) is 65.0 Å². The third kappa shape index (κ3) is 7.14. The predicted octanol–water partition coefficient (Wildman–Crippen LogP) is 10.6. The Balaban J connectivity index is 0.000000144. The molecule has 0 radical (unpaired) electrons. The zero-order valence-electron chi connectivity index (χ0n) is 19.7. The molecule has 0 aromatic heterocycles. The first-order chi connectivity index (χ1) is 17.9. The summed E-state index contributed by atoms with van der Waals surface area (Å²) in [5.41, 5.74) is 2.12. The van der Waals surface area contributed by atoms with Gasteiger partial charge in [-0.3, -0.25) is 0 Å². The van der Waals surface area contributed by atoms with E-state index < -0.39 is 0 Å². The highest BCUT2D eigenvalue weighted by Gasteiger charge is 2.04. The maximum atomic E-state index is 10.1. The first-order valence-electron chi connectivity index (χ1n) is 11.5. The number of rotatable bonds is 1. The van der Waals surface area contributed by atoms with Crippen molar-refractivity contribution in [2.75, 3.05) is 0 Å². The number of fused-ring (bicyclic) bond motifs is 2. The molecule has 2 N–H and O–H groups in total. The van der Waals surface area contributed by atoms with Crippen molar-refractivity contribution in [1.29, 1.82) is 0 Å². The van der Waals surface area contributed by atoms with Crippen LogP contribution >= 0.6 is 43.5 Å². The zero-order valence-corrected chi connectivity index (χ0v) is 23.6. The summed E-state index contributed by atoms with van der Waals surface area (Å²) in [6.07, 6.45) is 0. The van der Waals surface area contributed by atoms with Gasteiger partial charge < -0.3 is 10.2 Å². The lowest BCUT2D eigenvalue weighted by Crippen LogP contribution is -1.80. The minimum Gasteiger partial charge on any atom is -0.507 e. The summed E-state index contributed by atoms with van der Waals surface area (Å²) in [5, 5.41) is 23.8. The summed E-state index contributed by atoms with van der Waals surface area (Å²) in [5.74, 6) is 0.598. The highest BCUT2D eigenvalue weighted by Crippen LogP contribution is 2.32. The maximum absolute atomic E-state index is 10.1. The van der Waals surface area contributed by atoms with E-state index in [0.717, 1.165) is 41.6 Å². The largest absolute Gasteiger partial charge is 0.507 e. The van der Waals surface area contributed by atoms with Crippen molar-refractivity contribution in [3.63, 3.8) is 0 Å². The second-order valence-electron chi connectivity index (χ2n) is 8.13. The highest BCUT2D eigenvalue weighted by atomic mass is 79.9. The van der Waals surface area contributed by atoms with Gasteiger partial charge in [0, 0.05) is 30.1 Å². The molecule has 0 saturated heterocycles. The zero-order chi connectivity index (χ0) is 26.2. The standard InChI is InChI=1S/C16H11BrO.C10H7ClO.C6H5Br/c17-14-7-5-11(6-8-14)13-9-12-3-1-2-4-15(12)16(18)10-13;11-9-5-6-10(12)8-4-2-1-3-7(8)9;7-6-4-2-1-3-5-6/h1-10,18H;1-6,12H;1-5H. The lowest BCUT2D eigenvalue weighted by atomic mass is 10.0. The molecule has 0 saturated carbocycles. The van der Waals surface area contributed by atoms with E-state index in [4.69, 9.17) is 11.6 Å². The van der Waals surface area contributed by atoms with Crippen molar-refractivity contribution in [2.24, 2.45) is 0 Å². The topological polar surface area (TPSA) is 40.5 Å². The van der Waals surface area contributed by atoms with Gasteiger partial charge in [0.1, 0.15) is 11.5 Å². The molecule has 0 spiro atoms. The summed E-state index contributed by atoms with van der Waals surface area (Å²) < 4.78 is 2.19. The Kier molecular flexibility index (Phi) is 9.24. The van der Waals surface area contributed by atoms with Gasteiger partial charge in [-0.2, -0.15) is 0 Å². The van der Waals surface area contributed by atoms with Gasteiger partial charge in [0.2, 0.25) is 0 Å². The molecular formula is C32H23Br2ClO2. The van der Waals surface area contributed by atoms with Crippen LogP contribution in [0.5, 0.6) is 11.5 Å². The lowest BCUT2D eigenvalue weighted by molar-refractivity contribution is 0.481. The SMILES string of the molecule is Brc1ccccc1.Oc1cc(-c2ccc(Br)cc2)cc2ccccc12.Oc1ccc(Cl)c2ccccc12. The Morgan fingerprint density at radius 2 is 1.03 bits per heavy atom. The monoisotopic (exact) mass is 632 g/mol. The average Bonchev–Trinajstić information content (AvgIpc) is 2.93. The Morgan fingerprint density at radius 1 is 0.459 bits per heavy atom. The molecule has 0 bridgehead atoms. The average molecular weight is 635 g/mol. The summed E-state index contributed by atoms with van der Waals surface area (Å²) in [6, 6.07) is 40.6. The van der Waals surface area contributed by atoms with Crippen molar-refractivity contribution in [3.05, 3.63) is 141 Å². The van der Waals surface area contributed by atoms with Crippen LogP contribution in [0.2, 0.25) is 5.02 Å². The van der Waals surface area contributed by atoms with Crippen LogP contribution in [-0.2, 0) is 0 Å². The summed E-state index contributed by atoms with van der Waals surface area (Å²) in [6.45, 7) is 0. The van der Waals surface area contributed by atoms with E-state index in [1.165, 1.54) is 0 Å². The van der Waals surface area contributed by atoms with Crippen LogP contribution < -0.4 is 0 Å². The van der Waals surface area contributed by atoms with Crippen molar-refractivity contribution in [1.82, 2.24) is 0 Å². The van der Waals surface area contributed by atoms with E-state index in [1.54, 1.807) is 12.1 Å². The molecule has 0 fully saturated rings. The molecule has 5 heteroatoms. The molecule has 0 aliphatic rings. The Hall–Kier alpha value is -3.31. The lowest BCUT2D eigenvalue weighted by Gasteiger charge is -2.06. The molecule has 6 aromatic rings. The van der Waals surface area contributed by atoms with Gasteiger partial charge in [-0.25, -0.2) is 0 Å². The summed E-state index contributed by atoms with van der Waals surface area (Å²) in [7, 11) is 0. The first-order valence-corrected chi connectivity index (χ1v) is 13.4. The number of hydrogen-bond donors (Lipinski definition) is 2. The second kappa shape index (κ2) is 12.8. The molecule has 37 heavy (non-hydrogen) atoms. The van der Waals surface area contributed by atoms with Crippen molar-refractivity contribution < 1.29 is 10.2 Å². The quantitative estimate of drug-likeness (QED) is 0.189. The van der Waals surface area contributed by atoms with Gasteiger partial charge in [0.25, 0.3) is 0 Å². The van der Waals surface area contributed by atoms with Crippen LogP contribution in [0.15, 0.2) is 136 Å². The number of phenols is 2. The molecule has 6 rings (SSSR count). The number of aromatic hydroxyl groups is 2. The van der Waals surface area contributed by atoms with Gasteiger partial charge in [0.15, 0.2) is 0 Å². The molecule has 0 aliphatic carbocycles. The van der Waals surface area contributed by atoms with Crippen LogP contribution in [0.3, 0.4) is 0 Å². The molecule has 6 aromatic carbocycles. The second-order valence-corrected chi connectivity index (χ2v) is 10.4. The van der Waals surface area contributed by atoms with E-state index in [-0.39, 0.29) is 5.75 Å². The number of halogens is 3. The van der Waals surface area contributed by atoms with E-state index in [1.807, 2.05) is 109 Å². The smallest absolute Gasteiger partial charge is 0.124 e. The van der Waals surface area contributed by atoms with Crippen LogP contribution in [-0.4, -0.2) is 10.2 Å². The minimum atomic E-state index is 0.273. The minimum absolute atomic E-state index is 0.273. The summed E-state index contributed by atoms with van der Waals surface area (Å²) in [4.78, 5) is 0. The van der Waals surface area contributed by atoms with E-state index in [9.17, 15) is 10.2 Å². The van der Waals surface area contributed by atoms with Gasteiger partial charge in [-0.15, -0.1) is 0 Å². The Labute approximate surface area is 238 Å². The third-order valence-corrected chi connectivity index (χ3v) is 6.99. The Morgan fingerprint density at radius 3 is 1.65 bits per heavy atom. The van der Waals surface area contributed by atoms with Crippen LogP contribution in [0.1, 0.15) is 0 Å². The van der Waals surface area contributed by atoms with Gasteiger partial charge in [-0.1, -0.05) is 122 Å². The Bertz CT molecular complexity index is 1580. The fourth-order valence-electron chi connectivity index (χ4n) is 3.76. The molecule has 0 unspecified atom stereocenters. The molecule has 0 amide bonds. The van der Waals surface area contributed by atoms with Crippen molar-refractivity contribution in [3.8, 4) is 22.6 Å². The fourth-order valence-corrected chi connectivity index (χ4v) is 4.56. The normalized spacial score (nSPS) is 10.2. The van der Waals surface area contributed by atoms with E-state index in [2.05, 4.69) is 37.9 Å². The van der Waals surface area contributed by atoms with Crippen molar-refractivity contribution in [2.45, 2.75) is 0 Å². The highest BCUT2D eigenvalue weighted by molar-refractivity contribution is 9.10. The van der Waals surface area contributed by atoms with Crippen LogP contribution in [0.25, 0.3) is 32.7 Å². The molecule has 2 nitrogen and oxygen atoms in total. The van der Waals surface area contributed by atoms with Crippen molar-refractivity contribution >= 4 is 65.0 Å². The molecule has 0 heterocycles. The number of hydrogen-bond acceptors (Lipinski definition) is 2. The van der Waals surface area contributed by atoms with Gasteiger partial charge >= 0.3 is 0 Å². The predicted molar refractivity (Wildman–Crippen MR) is 164 cm³/mol.